The van der Waals surface area contributed by atoms with Crippen LogP contribution in [0.1, 0.15) is 19.8 Å². The highest BCUT2D eigenvalue weighted by atomic mass is 32.2. The molecule has 1 aliphatic rings. The average molecular weight is 475 g/mol. The third-order valence-corrected chi connectivity index (χ3v) is 7.01. The Labute approximate surface area is 189 Å². The van der Waals surface area contributed by atoms with Crippen LogP contribution in [0.15, 0.2) is 62.1 Å². The summed E-state index contributed by atoms with van der Waals surface area (Å²) in [5.41, 5.74) is 0.389. The zero-order chi connectivity index (χ0) is 22.6. The molecule has 0 saturated heterocycles. The number of anilines is 1. The van der Waals surface area contributed by atoms with E-state index in [0.717, 1.165) is 6.42 Å². The number of nitrogens with zero attached hydrogens (tertiary/aromatic N) is 4. The normalized spacial score (nSPS) is 13.7. The Hall–Kier alpha value is -3.12. The van der Waals surface area contributed by atoms with E-state index < -0.39 is 10.0 Å². The maximum Gasteiger partial charge on any atom is 0.262 e. The lowest BCUT2D eigenvalue weighted by Gasteiger charge is -2.10. The van der Waals surface area contributed by atoms with Crippen molar-refractivity contribution >= 4 is 39.2 Å². The Morgan fingerprint density at radius 2 is 2.12 bits per heavy atom. The molecule has 12 heteroatoms. The fourth-order valence-corrected chi connectivity index (χ4v) is 5.11. The van der Waals surface area contributed by atoms with Gasteiger partial charge in [-0.2, -0.15) is 0 Å². The fraction of sp³-hybridized carbons (Fsp3) is 0.300. The Kier molecular flexibility index (Phi) is 6.61. The number of furan rings is 1. The first-order valence-corrected chi connectivity index (χ1v) is 12.5. The van der Waals surface area contributed by atoms with Gasteiger partial charge in [0, 0.05) is 25.2 Å². The molecular formula is C20H22N6O4S2. The van der Waals surface area contributed by atoms with Crippen molar-refractivity contribution in [2.45, 2.75) is 36.4 Å². The summed E-state index contributed by atoms with van der Waals surface area (Å²) in [6.07, 6.45) is 3.01. The van der Waals surface area contributed by atoms with Crippen molar-refractivity contribution in [2.24, 2.45) is 4.99 Å². The Balaban J connectivity index is 1.39. The number of sulfonamides is 1. The molecule has 32 heavy (non-hydrogen) atoms. The van der Waals surface area contributed by atoms with Crippen LogP contribution >= 0.6 is 11.8 Å². The van der Waals surface area contributed by atoms with Gasteiger partial charge in [0.1, 0.15) is 5.84 Å². The molecule has 1 aliphatic heterocycles. The summed E-state index contributed by atoms with van der Waals surface area (Å²) in [6, 6.07) is 9.68. The van der Waals surface area contributed by atoms with Gasteiger partial charge in [-0.25, -0.2) is 8.42 Å². The molecule has 1 amide bonds. The number of hydrogen-bond donors (Lipinski definition) is 2. The average Bonchev–Trinajstić information content (AvgIpc) is 3.53. The third kappa shape index (κ3) is 5.02. The largest absolute Gasteiger partial charge is 0.461 e. The van der Waals surface area contributed by atoms with E-state index in [1.807, 2.05) is 11.5 Å². The quantitative estimate of drug-likeness (QED) is 0.480. The predicted molar refractivity (Wildman–Crippen MR) is 121 cm³/mol. The number of nitrogens with one attached hydrogen (secondary N) is 2. The van der Waals surface area contributed by atoms with E-state index in [4.69, 9.17) is 4.42 Å². The molecule has 3 heterocycles. The van der Waals surface area contributed by atoms with Crippen LogP contribution < -0.4 is 10.0 Å². The van der Waals surface area contributed by atoms with E-state index in [9.17, 15) is 13.2 Å². The maximum absolute atomic E-state index is 12.6. The predicted octanol–water partition coefficient (Wildman–Crippen LogP) is 2.76. The van der Waals surface area contributed by atoms with E-state index in [0.29, 0.717) is 47.8 Å². The summed E-state index contributed by atoms with van der Waals surface area (Å²) in [7, 11) is -3.75. The molecule has 0 fully saturated rings. The molecule has 2 aromatic heterocycles. The number of carbonyl (C=O) groups excluding carboxylic acids is 1. The van der Waals surface area contributed by atoms with Crippen molar-refractivity contribution in [1.82, 2.24) is 19.5 Å². The number of thioether (sulfide) groups is 1. The number of rotatable bonds is 8. The van der Waals surface area contributed by atoms with E-state index in [1.165, 1.54) is 23.9 Å². The summed E-state index contributed by atoms with van der Waals surface area (Å²) in [5, 5.41) is 11.6. The van der Waals surface area contributed by atoms with E-state index in [-0.39, 0.29) is 16.6 Å². The topological polar surface area (TPSA) is 131 Å². The minimum absolute atomic E-state index is 0.0615. The highest BCUT2D eigenvalue weighted by Crippen LogP contribution is 2.24. The first-order valence-electron chi connectivity index (χ1n) is 10.0. The molecule has 0 saturated carbocycles. The molecule has 4 rings (SSSR count). The van der Waals surface area contributed by atoms with Crippen molar-refractivity contribution < 1.29 is 17.6 Å². The molecule has 0 bridgehead atoms. The summed E-state index contributed by atoms with van der Waals surface area (Å²) in [4.78, 5) is 16.7. The van der Waals surface area contributed by atoms with Crippen molar-refractivity contribution in [3.05, 3.63) is 42.7 Å². The third-order valence-electron chi connectivity index (χ3n) is 4.66. The van der Waals surface area contributed by atoms with Gasteiger partial charge in [0.2, 0.25) is 5.91 Å². The summed E-state index contributed by atoms with van der Waals surface area (Å²) >= 11 is 1.24. The standard InChI is InChI=1S/C20H22N6O4S2/c1-2-26-19(16-8-5-11-30-16)23-24-20(26)31-13-18(27)22-14-6-3-7-15(12-14)32(28,29)25-17-9-4-10-21-17/h3,5-8,11-12H,2,4,9-10,13H2,1H3,(H,21,25)(H,22,27). The van der Waals surface area contributed by atoms with Crippen LogP contribution in [-0.2, 0) is 21.4 Å². The minimum Gasteiger partial charge on any atom is -0.461 e. The van der Waals surface area contributed by atoms with E-state index in [1.54, 1.807) is 30.5 Å². The monoisotopic (exact) mass is 474 g/mol. The second-order valence-electron chi connectivity index (χ2n) is 6.93. The lowest BCUT2D eigenvalue weighted by atomic mass is 10.3. The van der Waals surface area contributed by atoms with Gasteiger partial charge in [0.15, 0.2) is 16.7 Å². The molecule has 10 nitrogen and oxygen atoms in total. The Morgan fingerprint density at radius 1 is 1.25 bits per heavy atom. The first kappa shape index (κ1) is 22.1. The number of amidine groups is 1. The second-order valence-corrected chi connectivity index (χ2v) is 9.55. The molecule has 0 unspecified atom stereocenters. The van der Waals surface area contributed by atoms with E-state index >= 15 is 0 Å². The van der Waals surface area contributed by atoms with Gasteiger partial charge in [0.25, 0.3) is 10.0 Å². The minimum atomic E-state index is -3.75. The number of amides is 1. The highest BCUT2D eigenvalue weighted by molar-refractivity contribution is 7.99. The van der Waals surface area contributed by atoms with Gasteiger partial charge in [-0.15, -0.1) is 10.2 Å². The van der Waals surface area contributed by atoms with Crippen molar-refractivity contribution in [3.63, 3.8) is 0 Å². The fourth-order valence-electron chi connectivity index (χ4n) is 3.17. The highest BCUT2D eigenvalue weighted by Gasteiger charge is 2.19. The molecule has 168 valence electrons. The Morgan fingerprint density at radius 3 is 2.84 bits per heavy atom. The van der Waals surface area contributed by atoms with Crippen LogP contribution in [0.4, 0.5) is 5.69 Å². The van der Waals surface area contributed by atoms with Gasteiger partial charge in [-0.3, -0.25) is 19.1 Å². The van der Waals surface area contributed by atoms with Crippen molar-refractivity contribution in [1.29, 1.82) is 0 Å². The number of aliphatic imine (C=N–C) groups is 1. The number of carbonyl (C=O) groups is 1. The van der Waals surface area contributed by atoms with Gasteiger partial charge in [-0.1, -0.05) is 17.8 Å². The summed E-state index contributed by atoms with van der Waals surface area (Å²) in [6.45, 7) is 3.20. The van der Waals surface area contributed by atoms with Crippen molar-refractivity contribution in [2.75, 3.05) is 17.6 Å². The van der Waals surface area contributed by atoms with Gasteiger partial charge < -0.3 is 9.73 Å². The van der Waals surface area contributed by atoms with Crippen molar-refractivity contribution in [3.8, 4) is 11.6 Å². The number of aromatic nitrogens is 3. The SMILES string of the molecule is CCn1c(SCC(=O)Nc2cccc(S(=O)(=O)NC3=NCCC3)c2)nnc1-c1ccco1. The molecular weight excluding hydrogens is 452 g/mol. The van der Waals surface area contributed by atoms with Gasteiger partial charge in [0.05, 0.1) is 16.9 Å². The molecule has 0 aliphatic carbocycles. The van der Waals surface area contributed by atoms with Crippen LogP contribution in [0, 0.1) is 0 Å². The van der Waals surface area contributed by atoms with Crippen LogP contribution in [0.3, 0.4) is 0 Å². The smallest absolute Gasteiger partial charge is 0.262 e. The molecule has 0 spiro atoms. The van der Waals surface area contributed by atoms with Crippen LogP contribution in [-0.4, -0.2) is 47.2 Å². The number of hydrogen-bond acceptors (Lipinski definition) is 8. The second kappa shape index (κ2) is 9.57. The van der Waals surface area contributed by atoms with Crippen LogP contribution in [0.25, 0.3) is 11.6 Å². The lowest BCUT2D eigenvalue weighted by molar-refractivity contribution is -0.113. The first-order chi connectivity index (χ1) is 15.5. The molecule has 2 N–H and O–H groups in total. The molecule has 3 aromatic rings. The Bertz CT molecular complexity index is 1230. The van der Waals surface area contributed by atoms with Gasteiger partial charge in [-0.05, 0) is 43.7 Å². The zero-order valence-electron chi connectivity index (χ0n) is 17.3. The summed E-state index contributed by atoms with van der Waals surface area (Å²) < 4.78 is 34.9. The summed E-state index contributed by atoms with van der Waals surface area (Å²) in [5.74, 6) is 1.46. The van der Waals surface area contributed by atoms with E-state index in [2.05, 4.69) is 25.2 Å². The molecule has 0 radical (unpaired) electrons. The van der Waals surface area contributed by atoms with Crippen LogP contribution in [0.2, 0.25) is 0 Å². The lowest BCUT2D eigenvalue weighted by Crippen LogP contribution is -2.29. The number of benzene rings is 1. The van der Waals surface area contributed by atoms with Crippen LogP contribution in [0.5, 0.6) is 0 Å². The molecule has 0 atom stereocenters. The van der Waals surface area contributed by atoms with Gasteiger partial charge >= 0.3 is 0 Å². The maximum atomic E-state index is 12.6. The molecule has 1 aromatic carbocycles. The zero-order valence-corrected chi connectivity index (χ0v) is 18.9.